The molecule has 0 aliphatic carbocycles. The van der Waals surface area contributed by atoms with Crippen molar-refractivity contribution in [2.45, 2.75) is 6.92 Å². The summed E-state index contributed by atoms with van der Waals surface area (Å²) in [4.78, 5) is 8.89. The van der Waals surface area contributed by atoms with E-state index in [1.807, 2.05) is 42.7 Å². The Balaban J connectivity index is 1.93. The number of aromatic nitrogens is 2. The lowest BCUT2D eigenvalue weighted by atomic mass is 10.1. The van der Waals surface area contributed by atoms with Crippen LogP contribution in [0.1, 0.15) is 5.56 Å². The first-order chi connectivity index (χ1) is 9.33. The molecular formula is C17H14N2. The van der Waals surface area contributed by atoms with Gasteiger partial charge < -0.3 is 0 Å². The Morgan fingerprint density at radius 1 is 0.632 bits per heavy atom. The molecule has 1 heterocycles. The van der Waals surface area contributed by atoms with Crippen molar-refractivity contribution in [3.05, 3.63) is 72.6 Å². The maximum atomic E-state index is 4.44. The monoisotopic (exact) mass is 246 g/mol. The van der Waals surface area contributed by atoms with Gasteiger partial charge >= 0.3 is 0 Å². The Hall–Kier alpha value is -2.48. The van der Waals surface area contributed by atoms with Gasteiger partial charge in [-0.1, -0.05) is 60.2 Å². The van der Waals surface area contributed by atoms with Crippen LogP contribution in [0.5, 0.6) is 0 Å². The molecule has 0 unspecified atom stereocenters. The molecule has 0 atom stereocenters. The van der Waals surface area contributed by atoms with Crippen molar-refractivity contribution in [1.82, 2.24) is 9.97 Å². The largest absolute Gasteiger partial charge is 0.236 e. The number of benzene rings is 2. The minimum absolute atomic E-state index is 0.764. The molecule has 2 heteroatoms. The van der Waals surface area contributed by atoms with Crippen LogP contribution in [0.4, 0.5) is 0 Å². The highest BCUT2D eigenvalue weighted by Gasteiger charge is 2.02. The Morgan fingerprint density at radius 2 is 1.26 bits per heavy atom. The van der Waals surface area contributed by atoms with Gasteiger partial charge in [0.25, 0.3) is 0 Å². The highest BCUT2D eigenvalue weighted by molar-refractivity contribution is 5.63. The van der Waals surface area contributed by atoms with Crippen LogP contribution >= 0.6 is 0 Å². The smallest absolute Gasteiger partial charge is 0.159 e. The lowest BCUT2D eigenvalue weighted by Crippen LogP contribution is -1.89. The molecule has 0 aliphatic heterocycles. The summed E-state index contributed by atoms with van der Waals surface area (Å²) in [5.41, 5.74) is 4.46. The summed E-state index contributed by atoms with van der Waals surface area (Å²) in [6.45, 7) is 2.07. The lowest BCUT2D eigenvalue weighted by Gasteiger charge is -2.03. The molecule has 0 bridgehead atoms. The molecule has 0 saturated heterocycles. The second-order valence-electron chi connectivity index (χ2n) is 4.53. The first-order valence-corrected chi connectivity index (χ1v) is 6.27. The second kappa shape index (κ2) is 5.02. The van der Waals surface area contributed by atoms with Gasteiger partial charge in [-0.15, -0.1) is 0 Å². The summed E-state index contributed by atoms with van der Waals surface area (Å²) in [5, 5.41) is 0. The fourth-order valence-corrected chi connectivity index (χ4v) is 1.96. The van der Waals surface area contributed by atoms with Crippen LogP contribution in [0.3, 0.4) is 0 Å². The Kier molecular flexibility index (Phi) is 3.07. The van der Waals surface area contributed by atoms with Gasteiger partial charge in [0, 0.05) is 23.5 Å². The molecule has 0 N–H and O–H groups in total. The molecular weight excluding hydrogens is 232 g/mol. The summed E-state index contributed by atoms with van der Waals surface area (Å²) >= 11 is 0. The minimum Gasteiger partial charge on any atom is -0.236 e. The van der Waals surface area contributed by atoms with E-state index in [2.05, 4.69) is 41.2 Å². The maximum Gasteiger partial charge on any atom is 0.159 e. The SMILES string of the molecule is Cc1ccc(-c2ncc(-c3ccccc3)cn2)cc1. The molecule has 2 aromatic carbocycles. The molecule has 0 saturated carbocycles. The molecule has 0 fully saturated rings. The van der Waals surface area contributed by atoms with E-state index in [1.165, 1.54) is 5.56 Å². The van der Waals surface area contributed by atoms with Crippen molar-refractivity contribution in [3.63, 3.8) is 0 Å². The van der Waals surface area contributed by atoms with E-state index in [9.17, 15) is 0 Å². The van der Waals surface area contributed by atoms with Crippen molar-refractivity contribution in [3.8, 4) is 22.5 Å². The number of hydrogen-bond donors (Lipinski definition) is 0. The zero-order chi connectivity index (χ0) is 13.1. The normalized spacial score (nSPS) is 10.4. The first kappa shape index (κ1) is 11.6. The van der Waals surface area contributed by atoms with Gasteiger partial charge in [0.15, 0.2) is 5.82 Å². The van der Waals surface area contributed by atoms with Crippen molar-refractivity contribution >= 4 is 0 Å². The molecule has 3 aromatic rings. The summed E-state index contributed by atoms with van der Waals surface area (Å²) < 4.78 is 0. The summed E-state index contributed by atoms with van der Waals surface area (Å²) in [7, 11) is 0. The molecule has 1 aromatic heterocycles. The van der Waals surface area contributed by atoms with E-state index in [0.717, 1.165) is 22.5 Å². The van der Waals surface area contributed by atoms with E-state index < -0.39 is 0 Å². The van der Waals surface area contributed by atoms with Gasteiger partial charge in [-0.3, -0.25) is 0 Å². The molecule has 19 heavy (non-hydrogen) atoms. The Labute approximate surface area is 112 Å². The topological polar surface area (TPSA) is 25.8 Å². The average Bonchev–Trinajstić information content (AvgIpc) is 2.49. The first-order valence-electron chi connectivity index (χ1n) is 6.27. The van der Waals surface area contributed by atoms with E-state index in [0.29, 0.717) is 0 Å². The third-order valence-corrected chi connectivity index (χ3v) is 3.07. The van der Waals surface area contributed by atoms with Gasteiger partial charge in [0.05, 0.1) is 0 Å². The van der Waals surface area contributed by atoms with E-state index in [-0.39, 0.29) is 0 Å². The molecule has 3 rings (SSSR count). The summed E-state index contributed by atoms with van der Waals surface area (Å²) in [6, 6.07) is 18.4. The fourth-order valence-electron chi connectivity index (χ4n) is 1.96. The molecule has 2 nitrogen and oxygen atoms in total. The lowest BCUT2D eigenvalue weighted by molar-refractivity contribution is 1.18. The van der Waals surface area contributed by atoms with E-state index in [1.54, 1.807) is 0 Å². The zero-order valence-electron chi connectivity index (χ0n) is 10.7. The van der Waals surface area contributed by atoms with Gasteiger partial charge in [-0.05, 0) is 12.5 Å². The summed E-state index contributed by atoms with van der Waals surface area (Å²) in [5.74, 6) is 0.764. The average molecular weight is 246 g/mol. The van der Waals surface area contributed by atoms with Crippen LogP contribution in [0.25, 0.3) is 22.5 Å². The second-order valence-corrected chi connectivity index (χ2v) is 4.53. The third-order valence-electron chi connectivity index (χ3n) is 3.07. The van der Waals surface area contributed by atoms with Crippen LogP contribution in [-0.4, -0.2) is 9.97 Å². The highest BCUT2D eigenvalue weighted by atomic mass is 14.9. The molecule has 92 valence electrons. The van der Waals surface area contributed by atoms with Gasteiger partial charge in [-0.25, -0.2) is 9.97 Å². The number of nitrogens with zero attached hydrogens (tertiary/aromatic N) is 2. The van der Waals surface area contributed by atoms with Crippen LogP contribution < -0.4 is 0 Å². The zero-order valence-corrected chi connectivity index (χ0v) is 10.7. The number of hydrogen-bond acceptors (Lipinski definition) is 2. The van der Waals surface area contributed by atoms with E-state index in [4.69, 9.17) is 0 Å². The fraction of sp³-hybridized carbons (Fsp3) is 0.0588. The predicted octanol–water partition coefficient (Wildman–Crippen LogP) is 4.12. The third kappa shape index (κ3) is 2.52. The maximum absolute atomic E-state index is 4.44. The van der Waals surface area contributed by atoms with Crippen molar-refractivity contribution in [2.24, 2.45) is 0 Å². The quantitative estimate of drug-likeness (QED) is 0.679. The van der Waals surface area contributed by atoms with Crippen LogP contribution in [0.15, 0.2) is 67.0 Å². The van der Waals surface area contributed by atoms with Crippen molar-refractivity contribution in [1.29, 1.82) is 0 Å². The number of rotatable bonds is 2. The Bertz CT molecular complexity index is 656. The van der Waals surface area contributed by atoms with Crippen LogP contribution in [0, 0.1) is 6.92 Å². The number of aryl methyl sites for hydroxylation is 1. The minimum atomic E-state index is 0.764. The summed E-state index contributed by atoms with van der Waals surface area (Å²) in [6.07, 6.45) is 3.75. The molecule has 0 spiro atoms. The van der Waals surface area contributed by atoms with Crippen LogP contribution in [0.2, 0.25) is 0 Å². The van der Waals surface area contributed by atoms with Crippen LogP contribution in [-0.2, 0) is 0 Å². The van der Waals surface area contributed by atoms with Crippen molar-refractivity contribution < 1.29 is 0 Å². The molecule has 0 aliphatic rings. The van der Waals surface area contributed by atoms with Gasteiger partial charge in [0.2, 0.25) is 0 Å². The highest BCUT2D eigenvalue weighted by Crippen LogP contribution is 2.20. The predicted molar refractivity (Wildman–Crippen MR) is 77.6 cm³/mol. The van der Waals surface area contributed by atoms with E-state index >= 15 is 0 Å². The van der Waals surface area contributed by atoms with Crippen molar-refractivity contribution in [2.75, 3.05) is 0 Å². The van der Waals surface area contributed by atoms with Gasteiger partial charge in [-0.2, -0.15) is 0 Å². The molecule has 0 amide bonds. The van der Waals surface area contributed by atoms with Gasteiger partial charge in [0.1, 0.15) is 0 Å². The molecule has 0 radical (unpaired) electrons. The Morgan fingerprint density at radius 3 is 1.89 bits per heavy atom. The standard InChI is InChI=1S/C17H14N2/c1-13-7-9-15(10-8-13)17-18-11-16(12-19-17)14-5-3-2-4-6-14/h2-12H,1H3.